The summed E-state index contributed by atoms with van der Waals surface area (Å²) in [6.07, 6.45) is 9.56. The minimum absolute atomic E-state index is 0.0365. The van der Waals surface area contributed by atoms with Gasteiger partial charge in [-0.15, -0.1) is 0 Å². The first-order chi connectivity index (χ1) is 9.63. The largest absolute Gasteiger partial charge is 0.322 e. The van der Waals surface area contributed by atoms with Gasteiger partial charge in [-0.05, 0) is 31.4 Å². The number of amides is 1. The fraction of sp³-hybridized carbons (Fsp3) is 0.938. The number of thioether (sulfide) groups is 1. The molecule has 0 aromatic carbocycles. The van der Waals surface area contributed by atoms with Crippen molar-refractivity contribution >= 4 is 17.7 Å². The zero-order valence-electron chi connectivity index (χ0n) is 13.4. The van der Waals surface area contributed by atoms with Gasteiger partial charge in [0.25, 0.3) is 0 Å². The lowest BCUT2D eigenvalue weighted by Gasteiger charge is -2.39. The van der Waals surface area contributed by atoms with E-state index in [4.69, 9.17) is 0 Å². The Labute approximate surface area is 128 Å². The normalized spacial score (nSPS) is 36.4. The molecule has 0 aromatic rings. The van der Waals surface area contributed by atoms with E-state index in [-0.39, 0.29) is 12.2 Å². The summed E-state index contributed by atoms with van der Waals surface area (Å²) < 4.78 is 0. The van der Waals surface area contributed by atoms with Crippen molar-refractivity contribution < 1.29 is 4.79 Å². The quantitative estimate of drug-likeness (QED) is 0.845. The standard InChI is InChI=1S/C16H30N2OS/c1-5-11(3)15-16(19)18(14(6-2)17-15)12-9-7-8-10-13(12)20-4/h11-15,17H,5-10H2,1-4H3. The van der Waals surface area contributed by atoms with E-state index in [9.17, 15) is 4.79 Å². The van der Waals surface area contributed by atoms with Gasteiger partial charge in [-0.1, -0.05) is 40.0 Å². The molecular formula is C16H30N2OS. The van der Waals surface area contributed by atoms with Crippen LogP contribution in [-0.2, 0) is 4.79 Å². The van der Waals surface area contributed by atoms with Crippen molar-refractivity contribution in [2.45, 2.75) is 82.8 Å². The first-order valence-corrected chi connectivity index (χ1v) is 9.53. The van der Waals surface area contributed by atoms with Gasteiger partial charge in [0.1, 0.15) is 0 Å². The van der Waals surface area contributed by atoms with E-state index in [2.05, 4.69) is 37.2 Å². The average Bonchev–Trinajstić information content (AvgIpc) is 2.83. The fourth-order valence-corrected chi connectivity index (χ4v) is 4.68. The summed E-state index contributed by atoms with van der Waals surface area (Å²) in [6.45, 7) is 6.56. The third-order valence-electron chi connectivity index (χ3n) is 5.16. The third-order valence-corrected chi connectivity index (χ3v) is 6.31. The number of nitrogens with zero attached hydrogens (tertiary/aromatic N) is 1. The Kier molecular flexibility index (Phi) is 5.79. The van der Waals surface area contributed by atoms with Crippen LogP contribution < -0.4 is 5.32 Å². The molecule has 0 aromatic heterocycles. The van der Waals surface area contributed by atoms with Crippen molar-refractivity contribution in [1.29, 1.82) is 0 Å². The molecule has 20 heavy (non-hydrogen) atoms. The lowest BCUT2D eigenvalue weighted by Crippen LogP contribution is -2.50. The molecule has 1 saturated carbocycles. The summed E-state index contributed by atoms with van der Waals surface area (Å²) in [4.78, 5) is 15.1. The van der Waals surface area contributed by atoms with E-state index in [0.717, 1.165) is 12.8 Å². The molecule has 2 rings (SSSR count). The highest BCUT2D eigenvalue weighted by Gasteiger charge is 2.45. The number of carbonyl (C=O) groups excluding carboxylic acids is 1. The van der Waals surface area contributed by atoms with Crippen molar-refractivity contribution in [2.75, 3.05) is 6.26 Å². The van der Waals surface area contributed by atoms with Gasteiger partial charge in [-0.2, -0.15) is 11.8 Å². The molecule has 1 aliphatic heterocycles. The van der Waals surface area contributed by atoms with Crippen LogP contribution in [0, 0.1) is 5.92 Å². The third kappa shape index (κ3) is 3.01. The van der Waals surface area contributed by atoms with Crippen LogP contribution in [-0.4, -0.2) is 40.6 Å². The highest BCUT2D eigenvalue weighted by atomic mass is 32.2. The number of rotatable bonds is 5. The molecule has 0 radical (unpaired) electrons. The summed E-state index contributed by atoms with van der Waals surface area (Å²) in [5.74, 6) is 0.787. The molecule has 1 heterocycles. The first kappa shape index (κ1) is 16.2. The Hall–Kier alpha value is -0.220. The second-order valence-electron chi connectivity index (χ2n) is 6.33. The predicted octanol–water partition coefficient (Wildman–Crippen LogP) is 3.24. The number of nitrogens with one attached hydrogen (secondary N) is 1. The van der Waals surface area contributed by atoms with E-state index in [0.29, 0.717) is 23.1 Å². The summed E-state index contributed by atoms with van der Waals surface area (Å²) >= 11 is 1.95. The zero-order valence-corrected chi connectivity index (χ0v) is 14.2. The van der Waals surface area contributed by atoms with Gasteiger partial charge in [0, 0.05) is 11.3 Å². The van der Waals surface area contributed by atoms with Gasteiger partial charge < -0.3 is 4.90 Å². The molecule has 1 N–H and O–H groups in total. The van der Waals surface area contributed by atoms with E-state index >= 15 is 0 Å². The van der Waals surface area contributed by atoms with Crippen LogP contribution in [0.15, 0.2) is 0 Å². The molecule has 1 amide bonds. The molecule has 3 nitrogen and oxygen atoms in total. The van der Waals surface area contributed by atoms with Gasteiger partial charge in [-0.25, -0.2) is 0 Å². The second kappa shape index (κ2) is 7.17. The Balaban J connectivity index is 2.17. The first-order valence-electron chi connectivity index (χ1n) is 8.25. The van der Waals surface area contributed by atoms with E-state index < -0.39 is 0 Å². The van der Waals surface area contributed by atoms with Crippen molar-refractivity contribution in [1.82, 2.24) is 10.2 Å². The lowest BCUT2D eigenvalue weighted by atomic mass is 9.92. The van der Waals surface area contributed by atoms with Gasteiger partial charge in [-0.3, -0.25) is 10.1 Å². The van der Waals surface area contributed by atoms with Gasteiger partial charge >= 0.3 is 0 Å². The maximum Gasteiger partial charge on any atom is 0.241 e. The highest BCUT2D eigenvalue weighted by molar-refractivity contribution is 7.99. The second-order valence-corrected chi connectivity index (χ2v) is 7.40. The van der Waals surface area contributed by atoms with Crippen LogP contribution in [0.5, 0.6) is 0 Å². The number of carbonyl (C=O) groups is 1. The molecule has 0 spiro atoms. The van der Waals surface area contributed by atoms with E-state index in [1.54, 1.807) is 0 Å². The molecule has 2 aliphatic rings. The smallest absolute Gasteiger partial charge is 0.241 e. The summed E-state index contributed by atoms with van der Waals surface area (Å²) in [5, 5.41) is 4.22. The monoisotopic (exact) mass is 298 g/mol. The molecular weight excluding hydrogens is 268 g/mol. The minimum atomic E-state index is 0.0365. The maximum atomic E-state index is 12.9. The summed E-state index contributed by atoms with van der Waals surface area (Å²) in [5.41, 5.74) is 0. The maximum absolute atomic E-state index is 12.9. The van der Waals surface area contributed by atoms with Crippen LogP contribution in [0.25, 0.3) is 0 Å². The SMILES string of the molecule is CCC(C)C1NC(CC)N(C2CCCCC2SC)C1=O. The molecule has 1 aliphatic carbocycles. The van der Waals surface area contributed by atoms with Gasteiger partial charge in [0.15, 0.2) is 0 Å². The van der Waals surface area contributed by atoms with Crippen molar-refractivity contribution in [3.63, 3.8) is 0 Å². The Morgan fingerprint density at radius 1 is 1.35 bits per heavy atom. The molecule has 4 heteroatoms. The Morgan fingerprint density at radius 3 is 2.65 bits per heavy atom. The Bertz CT molecular complexity index is 336. The predicted molar refractivity (Wildman–Crippen MR) is 86.9 cm³/mol. The minimum Gasteiger partial charge on any atom is -0.322 e. The average molecular weight is 298 g/mol. The van der Waals surface area contributed by atoms with Crippen LogP contribution in [0.2, 0.25) is 0 Å². The molecule has 5 unspecified atom stereocenters. The molecule has 0 bridgehead atoms. The topological polar surface area (TPSA) is 32.3 Å². The van der Waals surface area contributed by atoms with Crippen molar-refractivity contribution in [2.24, 2.45) is 5.92 Å². The molecule has 5 atom stereocenters. The van der Waals surface area contributed by atoms with Crippen LogP contribution in [0.1, 0.15) is 59.3 Å². The Morgan fingerprint density at radius 2 is 2.05 bits per heavy atom. The number of hydrogen-bond donors (Lipinski definition) is 1. The fourth-order valence-electron chi connectivity index (χ4n) is 3.70. The molecule has 116 valence electrons. The van der Waals surface area contributed by atoms with Crippen LogP contribution in [0.4, 0.5) is 0 Å². The van der Waals surface area contributed by atoms with Crippen molar-refractivity contribution in [3.05, 3.63) is 0 Å². The lowest BCUT2D eigenvalue weighted by molar-refractivity contribution is -0.133. The number of hydrogen-bond acceptors (Lipinski definition) is 3. The van der Waals surface area contributed by atoms with E-state index in [1.165, 1.54) is 25.7 Å². The van der Waals surface area contributed by atoms with Gasteiger partial charge in [0.05, 0.1) is 12.2 Å². The van der Waals surface area contributed by atoms with E-state index in [1.807, 2.05) is 11.8 Å². The summed E-state index contributed by atoms with van der Waals surface area (Å²) in [7, 11) is 0. The van der Waals surface area contributed by atoms with Crippen LogP contribution >= 0.6 is 11.8 Å². The van der Waals surface area contributed by atoms with Crippen molar-refractivity contribution in [3.8, 4) is 0 Å². The molecule has 2 fully saturated rings. The highest BCUT2D eigenvalue weighted by Crippen LogP contribution is 2.35. The molecule has 1 saturated heterocycles. The van der Waals surface area contributed by atoms with Gasteiger partial charge in [0.2, 0.25) is 5.91 Å². The summed E-state index contributed by atoms with van der Waals surface area (Å²) in [6, 6.07) is 0.479. The zero-order chi connectivity index (χ0) is 14.7. The van der Waals surface area contributed by atoms with Crippen LogP contribution in [0.3, 0.4) is 0 Å².